The van der Waals surface area contributed by atoms with Crippen molar-refractivity contribution in [2.24, 2.45) is 5.41 Å². The molecule has 0 aromatic heterocycles. The third-order valence-electron chi connectivity index (χ3n) is 3.18. The highest BCUT2D eigenvalue weighted by Crippen LogP contribution is 2.42. The molecule has 0 radical (unpaired) electrons. The van der Waals surface area contributed by atoms with Gasteiger partial charge < -0.3 is 4.90 Å². The van der Waals surface area contributed by atoms with Crippen LogP contribution in [0.4, 0.5) is 0 Å². The Morgan fingerprint density at radius 3 is 2.38 bits per heavy atom. The van der Waals surface area contributed by atoms with Crippen molar-refractivity contribution in [3.63, 3.8) is 0 Å². The normalized spacial score (nSPS) is 17.1. The van der Waals surface area contributed by atoms with Crippen LogP contribution in [-0.4, -0.2) is 23.4 Å². The molecule has 16 heavy (non-hydrogen) atoms. The summed E-state index contributed by atoms with van der Waals surface area (Å²) in [6, 6.07) is 4.24. The third-order valence-corrected chi connectivity index (χ3v) is 3.18. The Bertz CT molecular complexity index is 344. The lowest BCUT2D eigenvalue weighted by Crippen LogP contribution is -2.50. The Labute approximate surface area is 96.5 Å². The third kappa shape index (κ3) is 2.17. The van der Waals surface area contributed by atoms with Gasteiger partial charge in [0.25, 0.3) is 0 Å². The molecule has 1 fully saturated rings. The van der Waals surface area contributed by atoms with Gasteiger partial charge in [-0.25, -0.2) is 0 Å². The van der Waals surface area contributed by atoms with Crippen LogP contribution in [0.15, 0.2) is 0 Å². The number of carbonyl (C=O) groups excluding carboxylic acids is 1. The second-order valence-electron chi connectivity index (χ2n) is 4.55. The van der Waals surface area contributed by atoms with Gasteiger partial charge in [-0.1, -0.05) is 0 Å². The van der Waals surface area contributed by atoms with Crippen molar-refractivity contribution in [1.29, 1.82) is 10.5 Å². The summed E-state index contributed by atoms with van der Waals surface area (Å²) in [5, 5.41) is 17.7. The Balaban J connectivity index is 2.76. The summed E-state index contributed by atoms with van der Waals surface area (Å²) in [4.78, 5) is 13.9. The Kier molecular flexibility index (Phi) is 3.90. The molecule has 0 heterocycles. The fourth-order valence-corrected chi connectivity index (χ4v) is 1.94. The number of hydrogen-bond donors (Lipinski definition) is 0. The van der Waals surface area contributed by atoms with Gasteiger partial charge in [0.1, 0.15) is 5.41 Å². The Morgan fingerprint density at radius 2 is 2.06 bits per heavy atom. The molecule has 0 unspecified atom stereocenters. The number of carbonyl (C=O) groups is 1. The van der Waals surface area contributed by atoms with Crippen molar-refractivity contribution >= 4 is 5.91 Å². The van der Waals surface area contributed by atoms with Gasteiger partial charge in [-0.3, -0.25) is 4.79 Å². The van der Waals surface area contributed by atoms with Crippen molar-refractivity contribution < 1.29 is 4.79 Å². The molecule has 0 bridgehead atoms. The molecule has 1 rings (SSSR count). The molecule has 0 atom stereocenters. The first kappa shape index (κ1) is 12.5. The van der Waals surface area contributed by atoms with Gasteiger partial charge in [-0.15, -0.1) is 0 Å². The molecule has 1 amide bonds. The lowest BCUT2D eigenvalue weighted by Gasteiger charge is -2.39. The smallest absolute Gasteiger partial charge is 0.243 e. The molecular weight excluding hydrogens is 202 g/mol. The quantitative estimate of drug-likeness (QED) is 0.724. The van der Waals surface area contributed by atoms with E-state index in [0.29, 0.717) is 25.8 Å². The van der Waals surface area contributed by atoms with E-state index in [1.54, 1.807) is 4.90 Å². The summed E-state index contributed by atoms with van der Waals surface area (Å²) in [6.07, 6.45) is 2.60. The van der Waals surface area contributed by atoms with E-state index in [2.05, 4.69) is 6.07 Å². The van der Waals surface area contributed by atoms with Crippen LogP contribution in [0.3, 0.4) is 0 Å². The fourth-order valence-electron chi connectivity index (χ4n) is 1.94. The summed E-state index contributed by atoms with van der Waals surface area (Å²) >= 11 is 0. The van der Waals surface area contributed by atoms with E-state index in [4.69, 9.17) is 10.5 Å². The molecule has 0 spiro atoms. The zero-order chi connectivity index (χ0) is 12.2. The van der Waals surface area contributed by atoms with E-state index in [9.17, 15) is 4.79 Å². The fraction of sp³-hybridized carbons (Fsp3) is 0.750. The summed E-state index contributed by atoms with van der Waals surface area (Å²) in [5.74, 6) is -0.0912. The molecule has 0 saturated heterocycles. The lowest BCUT2D eigenvalue weighted by atomic mass is 9.69. The van der Waals surface area contributed by atoms with Gasteiger partial charge in [-0.05, 0) is 33.1 Å². The summed E-state index contributed by atoms with van der Waals surface area (Å²) in [7, 11) is 0. The van der Waals surface area contributed by atoms with Crippen LogP contribution in [0.5, 0.6) is 0 Å². The molecule has 4 nitrogen and oxygen atoms in total. The van der Waals surface area contributed by atoms with E-state index in [-0.39, 0.29) is 11.9 Å². The predicted molar refractivity (Wildman–Crippen MR) is 59.0 cm³/mol. The van der Waals surface area contributed by atoms with Crippen LogP contribution in [0.1, 0.15) is 39.5 Å². The minimum atomic E-state index is -0.792. The first-order valence-corrected chi connectivity index (χ1v) is 5.66. The van der Waals surface area contributed by atoms with Gasteiger partial charge >= 0.3 is 0 Å². The molecule has 0 aromatic rings. The molecule has 4 heteroatoms. The monoisotopic (exact) mass is 219 g/mol. The Morgan fingerprint density at radius 1 is 1.44 bits per heavy atom. The number of nitrogens with zero attached hydrogens (tertiary/aromatic N) is 3. The predicted octanol–water partition coefficient (Wildman–Crippen LogP) is 1.83. The molecule has 0 aliphatic heterocycles. The van der Waals surface area contributed by atoms with Crippen LogP contribution in [0.2, 0.25) is 0 Å². The topological polar surface area (TPSA) is 67.9 Å². The summed E-state index contributed by atoms with van der Waals surface area (Å²) in [5.41, 5.74) is -0.792. The first-order chi connectivity index (χ1) is 7.57. The zero-order valence-electron chi connectivity index (χ0n) is 9.86. The standard InChI is InChI=1S/C12H17N3O/c1-10(2)15(8-4-7-13)11(16)12(9-14)5-3-6-12/h10H,3-6,8H2,1-2H3. The molecule has 1 saturated carbocycles. The number of hydrogen-bond acceptors (Lipinski definition) is 3. The van der Waals surface area contributed by atoms with Gasteiger partial charge in [0, 0.05) is 12.6 Å². The molecule has 86 valence electrons. The van der Waals surface area contributed by atoms with E-state index >= 15 is 0 Å². The van der Waals surface area contributed by atoms with Crippen LogP contribution >= 0.6 is 0 Å². The number of rotatable bonds is 4. The average molecular weight is 219 g/mol. The van der Waals surface area contributed by atoms with Crippen LogP contribution in [0.25, 0.3) is 0 Å². The first-order valence-electron chi connectivity index (χ1n) is 5.66. The maximum atomic E-state index is 12.2. The highest BCUT2D eigenvalue weighted by Gasteiger charge is 2.47. The van der Waals surface area contributed by atoms with E-state index in [1.807, 2.05) is 19.9 Å². The van der Waals surface area contributed by atoms with Crippen molar-refractivity contribution in [1.82, 2.24) is 4.90 Å². The van der Waals surface area contributed by atoms with Crippen molar-refractivity contribution in [2.75, 3.05) is 6.54 Å². The summed E-state index contributed by atoms with van der Waals surface area (Å²) < 4.78 is 0. The summed E-state index contributed by atoms with van der Waals surface area (Å²) in [6.45, 7) is 4.26. The number of amides is 1. The maximum absolute atomic E-state index is 12.2. The minimum absolute atomic E-state index is 0.0478. The number of nitriles is 2. The van der Waals surface area contributed by atoms with Crippen LogP contribution < -0.4 is 0 Å². The van der Waals surface area contributed by atoms with Gasteiger partial charge in [0.15, 0.2) is 0 Å². The highest BCUT2D eigenvalue weighted by molar-refractivity contribution is 5.86. The van der Waals surface area contributed by atoms with E-state index in [0.717, 1.165) is 6.42 Å². The molecule has 0 N–H and O–H groups in total. The molecule has 1 aliphatic rings. The van der Waals surface area contributed by atoms with Crippen LogP contribution in [0, 0.1) is 28.1 Å². The minimum Gasteiger partial charge on any atom is -0.338 e. The van der Waals surface area contributed by atoms with Gasteiger partial charge in [0.05, 0.1) is 18.6 Å². The second kappa shape index (κ2) is 4.99. The Hall–Kier alpha value is -1.55. The molecule has 1 aliphatic carbocycles. The highest BCUT2D eigenvalue weighted by atomic mass is 16.2. The van der Waals surface area contributed by atoms with E-state index < -0.39 is 5.41 Å². The van der Waals surface area contributed by atoms with Gasteiger partial charge in [-0.2, -0.15) is 10.5 Å². The van der Waals surface area contributed by atoms with Crippen LogP contribution in [-0.2, 0) is 4.79 Å². The average Bonchev–Trinajstić information content (AvgIpc) is 2.17. The van der Waals surface area contributed by atoms with Gasteiger partial charge in [0.2, 0.25) is 5.91 Å². The van der Waals surface area contributed by atoms with Crippen molar-refractivity contribution in [2.45, 2.75) is 45.6 Å². The lowest BCUT2D eigenvalue weighted by molar-refractivity contribution is -0.144. The van der Waals surface area contributed by atoms with E-state index in [1.165, 1.54) is 0 Å². The molecular formula is C12H17N3O. The van der Waals surface area contributed by atoms with Crippen molar-refractivity contribution in [3.05, 3.63) is 0 Å². The molecule has 0 aromatic carbocycles. The maximum Gasteiger partial charge on any atom is 0.243 e. The van der Waals surface area contributed by atoms with Crippen molar-refractivity contribution in [3.8, 4) is 12.1 Å². The largest absolute Gasteiger partial charge is 0.338 e. The second-order valence-corrected chi connectivity index (χ2v) is 4.55. The SMILES string of the molecule is CC(C)N(CCC#N)C(=O)C1(C#N)CCC1. The zero-order valence-corrected chi connectivity index (χ0v) is 9.86.